The lowest BCUT2D eigenvalue weighted by atomic mass is 10.1. The summed E-state index contributed by atoms with van der Waals surface area (Å²) in [5.41, 5.74) is 6.58. The fourth-order valence-corrected chi connectivity index (χ4v) is 4.12. The average Bonchev–Trinajstić information content (AvgIpc) is 3.07. The fourth-order valence-electron chi connectivity index (χ4n) is 2.83. The molecule has 128 valence electrons. The lowest BCUT2D eigenvalue weighted by molar-refractivity contribution is 0.0561. The highest BCUT2D eigenvalue weighted by Gasteiger charge is 2.25. The Labute approximate surface area is 140 Å². The lowest BCUT2D eigenvalue weighted by Gasteiger charge is -2.05. The van der Waals surface area contributed by atoms with E-state index in [0.717, 1.165) is 48.7 Å². The standard InChI is InChI=1S/C15H16F2N4O2S/c16-15(17)21-7-6-9(20-21)13(23)19-14-11(12(18)22)8-4-2-1-3-5-10(8)24-14/h6-7,15H,1-5H2,(H2,18,22)(H,19,23). The van der Waals surface area contributed by atoms with Crippen LogP contribution in [0.2, 0.25) is 0 Å². The molecular weight excluding hydrogens is 338 g/mol. The van der Waals surface area contributed by atoms with Crippen molar-refractivity contribution in [2.45, 2.75) is 38.7 Å². The maximum atomic E-state index is 12.5. The summed E-state index contributed by atoms with van der Waals surface area (Å²) in [7, 11) is 0. The Morgan fingerprint density at radius 3 is 2.71 bits per heavy atom. The number of carbonyl (C=O) groups excluding carboxylic acids is 2. The Hall–Kier alpha value is -2.29. The Balaban J connectivity index is 1.88. The Kier molecular flexibility index (Phi) is 4.61. The summed E-state index contributed by atoms with van der Waals surface area (Å²) in [6, 6.07) is 1.20. The molecule has 0 spiro atoms. The number of hydrogen-bond donors (Lipinski definition) is 2. The van der Waals surface area contributed by atoms with Gasteiger partial charge >= 0.3 is 6.55 Å². The molecule has 0 aliphatic heterocycles. The lowest BCUT2D eigenvalue weighted by Crippen LogP contribution is -2.18. The number of primary amides is 1. The van der Waals surface area contributed by atoms with Gasteiger partial charge < -0.3 is 11.1 Å². The first kappa shape index (κ1) is 16.6. The predicted octanol–water partition coefficient (Wildman–Crippen LogP) is 2.96. The van der Waals surface area contributed by atoms with Gasteiger partial charge in [-0.2, -0.15) is 13.9 Å². The Morgan fingerprint density at radius 1 is 1.29 bits per heavy atom. The van der Waals surface area contributed by atoms with Crippen LogP contribution >= 0.6 is 11.3 Å². The molecule has 0 atom stereocenters. The van der Waals surface area contributed by atoms with E-state index < -0.39 is 18.4 Å². The van der Waals surface area contributed by atoms with E-state index in [4.69, 9.17) is 5.73 Å². The van der Waals surface area contributed by atoms with E-state index in [9.17, 15) is 18.4 Å². The normalized spacial score (nSPS) is 14.3. The van der Waals surface area contributed by atoms with Crippen LogP contribution in [0.15, 0.2) is 12.3 Å². The summed E-state index contributed by atoms with van der Waals surface area (Å²) in [5, 5.41) is 6.48. The molecule has 0 aromatic carbocycles. The molecule has 0 fully saturated rings. The first-order chi connectivity index (χ1) is 11.5. The molecule has 0 unspecified atom stereocenters. The second-order valence-corrected chi connectivity index (χ2v) is 6.65. The molecule has 0 radical (unpaired) electrons. The number of anilines is 1. The predicted molar refractivity (Wildman–Crippen MR) is 85.5 cm³/mol. The minimum atomic E-state index is -2.81. The third kappa shape index (κ3) is 3.16. The summed E-state index contributed by atoms with van der Waals surface area (Å²) < 4.78 is 25.5. The van der Waals surface area contributed by atoms with E-state index >= 15 is 0 Å². The van der Waals surface area contributed by atoms with Crippen LogP contribution in [0.5, 0.6) is 0 Å². The van der Waals surface area contributed by atoms with Gasteiger partial charge in [0.15, 0.2) is 5.69 Å². The van der Waals surface area contributed by atoms with Crippen molar-refractivity contribution >= 4 is 28.2 Å². The number of nitrogens with one attached hydrogen (secondary N) is 1. The number of hydrogen-bond acceptors (Lipinski definition) is 4. The molecule has 3 rings (SSSR count). The molecule has 6 nitrogen and oxygen atoms in total. The highest BCUT2D eigenvalue weighted by molar-refractivity contribution is 7.17. The van der Waals surface area contributed by atoms with Crippen LogP contribution in [0.25, 0.3) is 0 Å². The zero-order valence-electron chi connectivity index (χ0n) is 12.7. The van der Waals surface area contributed by atoms with Crippen molar-refractivity contribution in [3.8, 4) is 0 Å². The summed E-state index contributed by atoms with van der Waals surface area (Å²) in [6.45, 7) is -2.81. The molecule has 0 saturated carbocycles. The van der Waals surface area contributed by atoms with Crippen molar-refractivity contribution < 1.29 is 18.4 Å². The number of aromatic nitrogens is 2. The Bertz CT molecular complexity index is 785. The number of aryl methyl sites for hydroxylation is 1. The van der Waals surface area contributed by atoms with Crippen LogP contribution in [-0.4, -0.2) is 21.6 Å². The van der Waals surface area contributed by atoms with Crippen molar-refractivity contribution in [1.29, 1.82) is 0 Å². The highest BCUT2D eigenvalue weighted by Crippen LogP contribution is 2.37. The number of thiophene rings is 1. The number of alkyl halides is 2. The summed E-state index contributed by atoms with van der Waals surface area (Å²) in [5.74, 6) is -1.24. The topological polar surface area (TPSA) is 90.0 Å². The van der Waals surface area contributed by atoms with E-state index in [1.807, 2.05) is 0 Å². The molecule has 1 aliphatic rings. The van der Waals surface area contributed by atoms with Gasteiger partial charge in [0.05, 0.1) is 5.56 Å². The van der Waals surface area contributed by atoms with Crippen LogP contribution in [0.1, 0.15) is 57.1 Å². The van der Waals surface area contributed by atoms with Crippen molar-refractivity contribution in [3.05, 3.63) is 34.0 Å². The zero-order chi connectivity index (χ0) is 17.3. The van der Waals surface area contributed by atoms with Crippen molar-refractivity contribution in [2.75, 3.05) is 5.32 Å². The first-order valence-corrected chi connectivity index (χ1v) is 8.38. The monoisotopic (exact) mass is 354 g/mol. The van der Waals surface area contributed by atoms with Gasteiger partial charge in [0.1, 0.15) is 5.00 Å². The summed E-state index contributed by atoms with van der Waals surface area (Å²) in [6.07, 6.45) is 5.70. The number of carbonyl (C=O) groups is 2. The van der Waals surface area contributed by atoms with Gasteiger partial charge in [0.2, 0.25) is 0 Å². The number of nitrogens with two attached hydrogens (primary N) is 1. The summed E-state index contributed by atoms with van der Waals surface area (Å²) in [4.78, 5) is 25.1. The van der Waals surface area contributed by atoms with Gasteiger partial charge in [0, 0.05) is 11.1 Å². The maximum Gasteiger partial charge on any atom is 0.333 e. The van der Waals surface area contributed by atoms with Crippen molar-refractivity contribution in [2.24, 2.45) is 5.73 Å². The number of nitrogens with zero attached hydrogens (tertiary/aromatic N) is 2. The number of fused-ring (bicyclic) bond motifs is 1. The van der Waals surface area contributed by atoms with Crippen molar-refractivity contribution in [1.82, 2.24) is 9.78 Å². The van der Waals surface area contributed by atoms with Gasteiger partial charge in [-0.1, -0.05) is 6.42 Å². The number of amides is 2. The Morgan fingerprint density at radius 2 is 2.04 bits per heavy atom. The molecule has 3 N–H and O–H groups in total. The molecule has 2 heterocycles. The van der Waals surface area contributed by atoms with E-state index in [1.54, 1.807) is 0 Å². The molecular formula is C15H16F2N4O2S. The maximum absolute atomic E-state index is 12.5. The van der Waals surface area contributed by atoms with E-state index in [-0.39, 0.29) is 5.69 Å². The molecule has 0 bridgehead atoms. The van der Waals surface area contributed by atoms with Crippen LogP contribution in [-0.2, 0) is 12.8 Å². The third-order valence-electron chi connectivity index (χ3n) is 3.94. The molecule has 2 aromatic heterocycles. The van der Waals surface area contributed by atoms with Gasteiger partial charge in [-0.15, -0.1) is 11.3 Å². The molecule has 24 heavy (non-hydrogen) atoms. The molecule has 9 heteroatoms. The van der Waals surface area contributed by atoms with E-state index in [2.05, 4.69) is 10.4 Å². The molecule has 0 saturated heterocycles. The smallest absolute Gasteiger partial charge is 0.333 e. The van der Waals surface area contributed by atoms with Gasteiger partial charge in [0.25, 0.3) is 11.8 Å². The van der Waals surface area contributed by atoms with Crippen LogP contribution in [0.4, 0.5) is 13.8 Å². The number of rotatable bonds is 4. The average molecular weight is 354 g/mol. The minimum Gasteiger partial charge on any atom is -0.365 e. The third-order valence-corrected chi connectivity index (χ3v) is 5.14. The number of halogens is 2. The van der Waals surface area contributed by atoms with Gasteiger partial charge in [-0.3, -0.25) is 9.59 Å². The second kappa shape index (κ2) is 6.68. The van der Waals surface area contributed by atoms with Crippen LogP contribution in [0.3, 0.4) is 0 Å². The minimum absolute atomic E-state index is 0.144. The first-order valence-electron chi connectivity index (χ1n) is 7.56. The van der Waals surface area contributed by atoms with Gasteiger partial charge in [-0.25, -0.2) is 4.68 Å². The summed E-state index contributed by atoms with van der Waals surface area (Å²) >= 11 is 1.32. The molecule has 2 amide bonds. The van der Waals surface area contributed by atoms with Crippen LogP contribution < -0.4 is 11.1 Å². The quantitative estimate of drug-likeness (QED) is 0.827. The second-order valence-electron chi connectivity index (χ2n) is 5.55. The van der Waals surface area contributed by atoms with Gasteiger partial charge in [-0.05, 0) is 37.3 Å². The highest BCUT2D eigenvalue weighted by atomic mass is 32.1. The molecule has 2 aromatic rings. The zero-order valence-corrected chi connectivity index (χ0v) is 13.5. The SMILES string of the molecule is NC(=O)c1c(NC(=O)c2ccn(C(F)F)n2)sc2c1CCCCC2. The van der Waals surface area contributed by atoms with E-state index in [0.29, 0.717) is 15.2 Å². The van der Waals surface area contributed by atoms with Crippen molar-refractivity contribution in [3.63, 3.8) is 0 Å². The fraction of sp³-hybridized carbons (Fsp3) is 0.400. The van der Waals surface area contributed by atoms with Crippen LogP contribution in [0, 0.1) is 0 Å². The van der Waals surface area contributed by atoms with E-state index in [1.165, 1.54) is 17.4 Å². The largest absolute Gasteiger partial charge is 0.365 e. The molecule has 1 aliphatic carbocycles.